The Hall–Kier alpha value is -1.11. The van der Waals surface area contributed by atoms with E-state index in [0.29, 0.717) is 25.6 Å². The zero-order valence-corrected chi connectivity index (χ0v) is 14.3. The smallest absolute Gasteiger partial charge is 0.221 e. The van der Waals surface area contributed by atoms with Crippen molar-refractivity contribution in [3.63, 3.8) is 0 Å². The van der Waals surface area contributed by atoms with Gasteiger partial charge in [0.25, 0.3) is 0 Å². The maximum absolute atomic E-state index is 11.5. The van der Waals surface area contributed by atoms with Crippen LogP contribution in [0.15, 0.2) is 28.7 Å². The van der Waals surface area contributed by atoms with E-state index < -0.39 is 0 Å². The number of hydrogen-bond acceptors (Lipinski definition) is 4. The molecule has 3 N–H and O–H groups in total. The molecule has 6 heteroatoms. The van der Waals surface area contributed by atoms with E-state index in [9.17, 15) is 4.79 Å². The number of rotatable bonds is 7. The molecule has 0 atom stereocenters. The summed E-state index contributed by atoms with van der Waals surface area (Å²) >= 11 is 3.41. The summed E-state index contributed by atoms with van der Waals surface area (Å²) in [5.41, 5.74) is 5.38. The zero-order chi connectivity index (χ0) is 15.8. The summed E-state index contributed by atoms with van der Waals surface area (Å²) in [4.78, 5) is 13.9. The average molecular weight is 370 g/mol. The van der Waals surface area contributed by atoms with Crippen LogP contribution in [0.5, 0.6) is 5.75 Å². The lowest BCUT2D eigenvalue weighted by molar-refractivity contribution is -0.121. The molecule has 0 bridgehead atoms. The number of piperidine rings is 1. The number of nitrogens with zero attached hydrogens (tertiary/aromatic N) is 1. The minimum Gasteiger partial charge on any atom is -0.492 e. The summed E-state index contributed by atoms with van der Waals surface area (Å²) < 4.78 is 6.80. The topological polar surface area (TPSA) is 67.6 Å². The quantitative estimate of drug-likeness (QED) is 0.768. The van der Waals surface area contributed by atoms with E-state index in [0.717, 1.165) is 42.7 Å². The highest BCUT2D eigenvalue weighted by Gasteiger charge is 2.20. The van der Waals surface area contributed by atoms with Crippen LogP contribution >= 0.6 is 15.9 Å². The third kappa shape index (κ3) is 5.94. The number of halogens is 1. The van der Waals surface area contributed by atoms with Gasteiger partial charge in [-0.25, -0.2) is 0 Å². The van der Waals surface area contributed by atoms with Crippen molar-refractivity contribution in [1.82, 2.24) is 10.2 Å². The third-order valence-electron chi connectivity index (χ3n) is 3.81. The summed E-state index contributed by atoms with van der Waals surface area (Å²) in [5.74, 6) is 0.964. The molecular formula is C16H24BrN3O2. The van der Waals surface area contributed by atoms with E-state index in [1.54, 1.807) is 0 Å². The SMILES string of the molecule is NCCC(=O)NC1CCN(CCOc2ccc(Br)cc2)CC1. The molecule has 1 saturated heterocycles. The molecule has 2 rings (SSSR count). The summed E-state index contributed by atoms with van der Waals surface area (Å²) in [6, 6.07) is 8.17. The van der Waals surface area contributed by atoms with E-state index in [2.05, 4.69) is 26.1 Å². The van der Waals surface area contributed by atoms with Gasteiger partial charge in [0.15, 0.2) is 0 Å². The Labute approximate surface area is 140 Å². The van der Waals surface area contributed by atoms with Gasteiger partial charge in [-0.15, -0.1) is 0 Å². The van der Waals surface area contributed by atoms with Crippen molar-refractivity contribution >= 4 is 21.8 Å². The van der Waals surface area contributed by atoms with Gasteiger partial charge in [-0.05, 0) is 37.1 Å². The Morgan fingerprint density at radius 1 is 1.32 bits per heavy atom. The number of carbonyl (C=O) groups is 1. The van der Waals surface area contributed by atoms with Crippen LogP contribution in [0.3, 0.4) is 0 Å². The van der Waals surface area contributed by atoms with Gasteiger partial charge in [0.1, 0.15) is 12.4 Å². The van der Waals surface area contributed by atoms with Crippen LogP contribution in [0, 0.1) is 0 Å². The number of nitrogens with one attached hydrogen (secondary N) is 1. The second-order valence-electron chi connectivity index (χ2n) is 5.52. The summed E-state index contributed by atoms with van der Waals surface area (Å²) in [5, 5.41) is 3.05. The fraction of sp³-hybridized carbons (Fsp3) is 0.562. The highest BCUT2D eigenvalue weighted by molar-refractivity contribution is 9.10. The van der Waals surface area contributed by atoms with Gasteiger partial charge < -0.3 is 15.8 Å². The molecule has 0 aromatic heterocycles. The molecule has 0 aliphatic carbocycles. The van der Waals surface area contributed by atoms with Crippen LogP contribution in [-0.4, -0.2) is 49.6 Å². The normalized spacial score (nSPS) is 16.5. The number of amides is 1. The molecule has 1 aromatic carbocycles. The van der Waals surface area contributed by atoms with Crippen molar-refractivity contribution in [3.8, 4) is 5.75 Å². The number of likely N-dealkylation sites (tertiary alicyclic amines) is 1. The molecular weight excluding hydrogens is 346 g/mol. The molecule has 0 radical (unpaired) electrons. The zero-order valence-electron chi connectivity index (χ0n) is 12.8. The molecule has 1 aromatic rings. The number of carbonyl (C=O) groups excluding carboxylic acids is 1. The first kappa shape index (κ1) is 17.2. The molecule has 1 amide bonds. The predicted octanol–water partition coefficient (Wildman–Crippen LogP) is 1.76. The van der Waals surface area contributed by atoms with Gasteiger partial charge in [0.2, 0.25) is 5.91 Å². The molecule has 1 aliphatic rings. The van der Waals surface area contributed by atoms with E-state index in [4.69, 9.17) is 10.5 Å². The van der Waals surface area contributed by atoms with Crippen molar-refractivity contribution in [3.05, 3.63) is 28.7 Å². The maximum atomic E-state index is 11.5. The lowest BCUT2D eigenvalue weighted by atomic mass is 10.0. The average Bonchev–Trinajstić information content (AvgIpc) is 2.51. The predicted molar refractivity (Wildman–Crippen MR) is 90.9 cm³/mol. The number of hydrogen-bond donors (Lipinski definition) is 2. The van der Waals surface area contributed by atoms with Crippen LogP contribution in [0.1, 0.15) is 19.3 Å². The first-order valence-corrected chi connectivity index (χ1v) is 8.57. The van der Waals surface area contributed by atoms with Crippen molar-refractivity contribution in [1.29, 1.82) is 0 Å². The monoisotopic (exact) mass is 369 g/mol. The van der Waals surface area contributed by atoms with Crippen LogP contribution < -0.4 is 15.8 Å². The van der Waals surface area contributed by atoms with E-state index in [1.165, 1.54) is 0 Å². The lowest BCUT2D eigenvalue weighted by Crippen LogP contribution is -2.45. The Morgan fingerprint density at radius 2 is 2.00 bits per heavy atom. The molecule has 122 valence electrons. The highest BCUT2D eigenvalue weighted by Crippen LogP contribution is 2.16. The van der Waals surface area contributed by atoms with Gasteiger partial charge in [-0.1, -0.05) is 15.9 Å². The van der Waals surface area contributed by atoms with Crippen LogP contribution in [-0.2, 0) is 4.79 Å². The summed E-state index contributed by atoms with van der Waals surface area (Å²) in [6.07, 6.45) is 2.41. The van der Waals surface area contributed by atoms with Crippen LogP contribution in [0.25, 0.3) is 0 Å². The van der Waals surface area contributed by atoms with Gasteiger partial charge in [0, 0.05) is 43.1 Å². The second kappa shape index (κ2) is 9.12. The fourth-order valence-corrected chi connectivity index (χ4v) is 2.82. The first-order valence-electron chi connectivity index (χ1n) is 7.77. The Kier molecular flexibility index (Phi) is 7.15. The van der Waals surface area contributed by atoms with Crippen molar-refractivity contribution in [2.75, 3.05) is 32.8 Å². The van der Waals surface area contributed by atoms with Gasteiger partial charge in [-0.2, -0.15) is 0 Å². The van der Waals surface area contributed by atoms with Crippen molar-refractivity contribution in [2.45, 2.75) is 25.3 Å². The molecule has 0 unspecified atom stereocenters. The van der Waals surface area contributed by atoms with Crippen molar-refractivity contribution in [2.24, 2.45) is 5.73 Å². The molecule has 22 heavy (non-hydrogen) atoms. The third-order valence-corrected chi connectivity index (χ3v) is 4.34. The van der Waals surface area contributed by atoms with E-state index in [1.807, 2.05) is 24.3 Å². The Balaban J connectivity index is 1.61. The number of nitrogens with two attached hydrogens (primary N) is 1. The highest BCUT2D eigenvalue weighted by atomic mass is 79.9. The van der Waals surface area contributed by atoms with Crippen molar-refractivity contribution < 1.29 is 9.53 Å². The Bertz CT molecular complexity index is 459. The molecule has 0 saturated carbocycles. The summed E-state index contributed by atoms with van der Waals surface area (Å²) in [6.45, 7) is 4.01. The number of ether oxygens (including phenoxy) is 1. The molecule has 5 nitrogen and oxygen atoms in total. The molecule has 1 heterocycles. The maximum Gasteiger partial charge on any atom is 0.221 e. The van der Waals surface area contributed by atoms with E-state index in [-0.39, 0.29) is 5.91 Å². The standard InChI is InChI=1S/C16H24BrN3O2/c17-13-1-3-15(4-2-13)22-12-11-20-9-6-14(7-10-20)19-16(21)5-8-18/h1-4,14H,5-12,18H2,(H,19,21). The van der Waals surface area contributed by atoms with Crippen LogP contribution in [0.4, 0.5) is 0 Å². The molecule has 0 spiro atoms. The number of benzene rings is 1. The van der Waals surface area contributed by atoms with Gasteiger partial charge in [0.05, 0.1) is 0 Å². The largest absolute Gasteiger partial charge is 0.492 e. The van der Waals surface area contributed by atoms with Crippen LogP contribution in [0.2, 0.25) is 0 Å². The van der Waals surface area contributed by atoms with Gasteiger partial charge >= 0.3 is 0 Å². The lowest BCUT2D eigenvalue weighted by Gasteiger charge is -2.32. The fourth-order valence-electron chi connectivity index (χ4n) is 2.56. The van der Waals surface area contributed by atoms with E-state index >= 15 is 0 Å². The Morgan fingerprint density at radius 3 is 2.64 bits per heavy atom. The minimum atomic E-state index is 0.0690. The minimum absolute atomic E-state index is 0.0690. The first-order chi connectivity index (χ1) is 10.7. The molecule has 1 aliphatic heterocycles. The molecule has 1 fully saturated rings. The summed E-state index contributed by atoms with van der Waals surface area (Å²) in [7, 11) is 0. The van der Waals surface area contributed by atoms with Gasteiger partial charge in [-0.3, -0.25) is 9.69 Å². The second-order valence-corrected chi connectivity index (χ2v) is 6.44.